The largest absolute Gasteiger partial charge is 0.444 e. The molecule has 1 aromatic heterocycles. The summed E-state index contributed by atoms with van der Waals surface area (Å²) < 4.78 is 5.61. The quantitative estimate of drug-likeness (QED) is 0.673. The Bertz CT molecular complexity index is 730. The Morgan fingerprint density at radius 1 is 1.28 bits per heavy atom. The summed E-state index contributed by atoms with van der Waals surface area (Å²) in [5.41, 5.74) is 2.10. The van der Waals surface area contributed by atoms with Crippen LogP contribution in [-0.2, 0) is 6.54 Å². The number of nitrogens with one attached hydrogen (secondary N) is 1. The van der Waals surface area contributed by atoms with Gasteiger partial charge in [-0.05, 0) is 32.0 Å². The molecule has 1 aliphatic rings. The highest BCUT2D eigenvalue weighted by molar-refractivity contribution is 6.30. The second kappa shape index (κ2) is 7.78. The lowest BCUT2D eigenvalue weighted by molar-refractivity contribution is 0.368. The summed E-state index contributed by atoms with van der Waals surface area (Å²) in [6, 6.07) is 8.00. The molecule has 25 heavy (non-hydrogen) atoms. The number of aryl methyl sites for hydroxylation is 2. The SMILES string of the molecule is CN=C(NCc1nc(C)c(C)o1)N1CCN(c2cccc(Cl)c2)CC1. The molecule has 1 aromatic carbocycles. The fourth-order valence-electron chi connectivity index (χ4n) is 2.95. The van der Waals surface area contributed by atoms with E-state index in [0.717, 1.165) is 48.6 Å². The number of benzene rings is 1. The number of aromatic nitrogens is 1. The molecule has 0 saturated carbocycles. The van der Waals surface area contributed by atoms with E-state index in [4.69, 9.17) is 16.0 Å². The van der Waals surface area contributed by atoms with Crippen LogP contribution in [0.25, 0.3) is 0 Å². The lowest BCUT2D eigenvalue weighted by Gasteiger charge is -2.37. The molecular weight excluding hydrogens is 338 g/mol. The van der Waals surface area contributed by atoms with Crippen molar-refractivity contribution in [2.75, 3.05) is 38.1 Å². The predicted molar refractivity (Wildman–Crippen MR) is 101 cm³/mol. The Balaban J connectivity index is 1.55. The third-order valence-electron chi connectivity index (χ3n) is 4.43. The van der Waals surface area contributed by atoms with Crippen LogP contribution >= 0.6 is 11.6 Å². The molecule has 0 atom stereocenters. The lowest BCUT2D eigenvalue weighted by Crippen LogP contribution is -2.52. The van der Waals surface area contributed by atoms with Crippen LogP contribution in [0.2, 0.25) is 5.02 Å². The summed E-state index contributed by atoms with van der Waals surface area (Å²) in [4.78, 5) is 13.4. The van der Waals surface area contributed by atoms with Gasteiger partial charge in [0, 0.05) is 43.9 Å². The predicted octanol–water partition coefficient (Wildman–Crippen LogP) is 2.84. The molecule has 0 radical (unpaired) electrons. The van der Waals surface area contributed by atoms with Crippen molar-refractivity contribution in [1.82, 2.24) is 15.2 Å². The average Bonchev–Trinajstić information content (AvgIpc) is 2.94. The van der Waals surface area contributed by atoms with Crippen molar-refractivity contribution in [2.24, 2.45) is 4.99 Å². The van der Waals surface area contributed by atoms with Crippen LogP contribution in [0.15, 0.2) is 33.7 Å². The van der Waals surface area contributed by atoms with Crippen LogP contribution in [0, 0.1) is 13.8 Å². The van der Waals surface area contributed by atoms with Crippen LogP contribution in [0.5, 0.6) is 0 Å². The van der Waals surface area contributed by atoms with Crippen LogP contribution in [0.4, 0.5) is 5.69 Å². The van der Waals surface area contributed by atoms with E-state index in [0.29, 0.717) is 12.4 Å². The van der Waals surface area contributed by atoms with Gasteiger partial charge in [0.2, 0.25) is 5.89 Å². The van der Waals surface area contributed by atoms with Crippen molar-refractivity contribution < 1.29 is 4.42 Å². The molecule has 0 aliphatic carbocycles. The molecule has 1 aliphatic heterocycles. The molecule has 0 bridgehead atoms. The van der Waals surface area contributed by atoms with Gasteiger partial charge >= 0.3 is 0 Å². The van der Waals surface area contributed by atoms with Gasteiger partial charge in [0.05, 0.1) is 12.2 Å². The number of hydrogen-bond donors (Lipinski definition) is 1. The molecule has 134 valence electrons. The average molecular weight is 362 g/mol. The smallest absolute Gasteiger partial charge is 0.214 e. The van der Waals surface area contributed by atoms with Gasteiger partial charge in [-0.2, -0.15) is 0 Å². The van der Waals surface area contributed by atoms with Crippen molar-refractivity contribution in [3.05, 3.63) is 46.6 Å². The number of rotatable bonds is 3. The molecule has 0 spiro atoms. The topological polar surface area (TPSA) is 56.9 Å². The highest BCUT2D eigenvalue weighted by Crippen LogP contribution is 2.20. The molecule has 6 nitrogen and oxygen atoms in total. The summed E-state index contributed by atoms with van der Waals surface area (Å²) in [6.45, 7) is 8.07. The van der Waals surface area contributed by atoms with E-state index in [1.54, 1.807) is 7.05 Å². The summed E-state index contributed by atoms with van der Waals surface area (Å²) in [5.74, 6) is 2.43. The van der Waals surface area contributed by atoms with Gasteiger partial charge in [0.15, 0.2) is 5.96 Å². The monoisotopic (exact) mass is 361 g/mol. The number of oxazole rings is 1. The van der Waals surface area contributed by atoms with Crippen molar-refractivity contribution in [1.29, 1.82) is 0 Å². The molecule has 1 saturated heterocycles. The molecule has 1 N–H and O–H groups in total. The first kappa shape index (κ1) is 17.6. The van der Waals surface area contributed by atoms with Crippen molar-refractivity contribution in [3.8, 4) is 0 Å². The molecule has 0 unspecified atom stereocenters. The Morgan fingerprint density at radius 3 is 2.64 bits per heavy atom. The van der Waals surface area contributed by atoms with E-state index in [2.05, 4.69) is 31.2 Å². The zero-order valence-electron chi connectivity index (χ0n) is 14.9. The number of halogens is 1. The molecule has 3 rings (SSSR count). The van der Waals surface area contributed by atoms with E-state index in [1.165, 1.54) is 5.69 Å². The second-order valence-electron chi connectivity index (χ2n) is 6.10. The molecular formula is C18H24ClN5O. The van der Waals surface area contributed by atoms with Crippen LogP contribution in [0.1, 0.15) is 17.3 Å². The standard InChI is InChI=1S/C18H24ClN5O/c1-13-14(2)25-17(22-13)12-21-18(20-3)24-9-7-23(8-10-24)16-6-4-5-15(19)11-16/h4-6,11H,7-10,12H2,1-3H3,(H,20,21). The maximum Gasteiger partial charge on any atom is 0.214 e. The van der Waals surface area contributed by atoms with Crippen molar-refractivity contribution in [2.45, 2.75) is 20.4 Å². The summed E-state index contributed by atoms with van der Waals surface area (Å²) >= 11 is 6.10. The number of nitrogens with zero attached hydrogens (tertiary/aromatic N) is 4. The van der Waals surface area contributed by atoms with E-state index < -0.39 is 0 Å². The zero-order chi connectivity index (χ0) is 17.8. The van der Waals surface area contributed by atoms with E-state index in [9.17, 15) is 0 Å². The van der Waals surface area contributed by atoms with Gasteiger partial charge in [0.1, 0.15) is 5.76 Å². The fourth-order valence-corrected chi connectivity index (χ4v) is 3.14. The van der Waals surface area contributed by atoms with Gasteiger partial charge in [0.25, 0.3) is 0 Å². The minimum absolute atomic E-state index is 0.538. The second-order valence-corrected chi connectivity index (χ2v) is 6.54. The molecule has 7 heteroatoms. The van der Waals surface area contributed by atoms with Gasteiger partial charge in [-0.15, -0.1) is 0 Å². The first-order valence-corrected chi connectivity index (χ1v) is 8.83. The molecule has 2 aromatic rings. The molecule has 2 heterocycles. The van der Waals surface area contributed by atoms with Crippen LogP contribution < -0.4 is 10.2 Å². The third-order valence-corrected chi connectivity index (χ3v) is 4.67. The Hall–Kier alpha value is -2.21. The van der Waals surface area contributed by atoms with Gasteiger partial charge in [-0.1, -0.05) is 17.7 Å². The first-order chi connectivity index (χ1) is 12.1. The summed E-state index contributed by atoms with van der Waals surface area (Å²) in [7, 11) is 1.80. The Kier molecular flexibility index (Phi) is 5.48. The zero-order valence-corrected chi connectivity index (χ0v) is 15.7. The van der Waals surface area contributed by atoms with Crippen molar-refractivity contribution in [3.63, 3.8) is 0 Å². The number of anilines is 1. The molecule has 0 amide bonds. The van der Waals surface area contributed by atoms with Gasteiger partial charge in [-0.25, -0.2) is 4.98 Å². The minimum atomic E-state index is 0.538. The normalized spacial score (nSPS) is 15.6. The van der Waals surface area contributed by atoms with E-state index in [-0.39, 0.29) is 0 Å². The minimum Gasteiger partial charge on any atom is -0.444 e. The number of piperazine rings is 1. The summed E-state index contributed by atoms with van der Waals surface area (Å²) in [6.07, 6.45) is 0. The van der Waals surface area contributed by atoms with Gasteiger partial charge < -0.3 is 19.5 Å². The molecule has 1 fully saturated rings. The lowest BCUT2D eigenvalue weighted by atomic mass is 10.2. The first-order valence-electron chi connectivity index (χ1n) is 8.46. The maximum absolute atomic E-state index is 6.10. The highest BCUT2D eigenvalue weighted by atomic mass is 35.5. The number of aliphatic imine (C=N–C) groups is 1. The third kappa shape index (κ3) is 4.25. The van der Waals surface area contributed by atoms with Gasteiger partial charge in [-0.3, -0.25) is 4.99 Å². The fraction of sp³-hybridized carbons (Fsp3) is 0.444. The summed E-state index contributed by atoms with van der Waals surface area (Å²) in [5, 5.41) is 4.11. The van der Waals surface area contributed by atoms with E-state index in [1.807, 2.05) is 32.0 Å². The Labute approximate surface area is 153 Å². The van der Waals surface area contributed by atoms with Crippen LogP contribution in [-0.4, -0.2) is 49.1 Å². The van der Waals surface area contributed by atoms with Crippen LogP contribution in [0.3, 0.4) is 0 Å². The maximum atomic E-state index is 6.10. The highest BCUT2D eigenvalue weighted by Gasteiger charge is 2.20. The Morgan fingerprint density at radius 2 is 2.04 bits per heavy atom. The van der Waals surface area contributed by atoms with Crippen molar-refractivity contribution >= 4 is 23.2 Å². The number of hydrogen-bond acceptors (Lipinski definition) is 4. The number of guanidine groups is 1. The van der Waals surface area contributed by atoms with E-state index >= 15 is 0 Å².